The number of nitrogens with zero attached hydrogens (tertiary/aromatic N) is 3. The van der Waals surface area contributed by atoms with E-state index in [2.05, 4.69) is 136 Å². The Balaban J connectivity index is 1.57. The first-order valence-electron chi connectivity index (χ1n) is 17.6. The quantitative estimate of drug-likeness (QED) is 0.116. The van der Waals surface area contributed by atoms with Crippen LogP contribution in [0.2, 0.25) is 0 Å². The highest BCUT2D eigenvalue weighted by atomic mass is 16.1. The Morgan fingerprint density at radius 2 is 1.62 bits per heavy atom. The van der Waals surface area contributed by atoms with E-state index in [1.165, 1.54) is 33.9 Å². The maximum absolute atomic E-state index is 12.8. The predicted octanol–water partition coefficient (Wildman–Crippen LogP) is 9.52. The minimum Gasteiger partial charge on any atom is -0.352 e. The fourth-order valence-electron chi connectivity index (χ4n) is 7.15. The Kier molecular flexibility index (Phi) is 10.6. The molecule has 5 nitrogen and oxygen atoms in total. The molecule has 1 N–H and O–H groups in total. The number of nitrogens with one attached hydrogen (secondary N) is 1. The Morgan fingerprint density at radius 3 is 2.32 bits per heavy atom. The molecule has 2 aromatic carbocycles. The molecule has 3 aromatic rings. The summed E-state index contributed by atoms with van der Waals surface area (Å²) in [6, 6.07) is 21.4. The Morgan fingerprint density at radius 1 is 0.872 bits per heavy atom. The van der Waals surface area contributed by atoms with Gasteiger partial charge in [0.05, 0.1) is 16.7 Å². The number of pyridine rings is 1. The van der Waals surface area contributed by atoms with E-state index >= 15 is 0 Å². The van der Waals surface area contributed by atoms with Gasteiger partial charge in [-0.25, -0.2) is 0 Å². The van der Waals surface area contributed by atoms with E-state index in [9.17, 15) is 4.79 Å². The highest BCUT2D eigenvalue weighted by Crippen LogP contribution is 2.47. The molecule has 0 bridgehead atoms. The van der Waals surface area contributed by atoms with Crippen molar-refractivity contribution in [2.24, 2.45) is 0 Å². The summed E-state index contributed by atoms with van der Waals surface area (Å²) in [5.74, 6) is -0.0692. The molecule has 0 unspecified atom stereocenters. The van der Waals surface area contributed by atoms with Gasteiger partial charge in [0, 0.05) is 65.8 Å². The number of hydrogen-bond donors (Lipinski definition) is 1. The average Bonchev–Trinajstić information content (AvgIpc) is 3.42. The molecule has 246 valence electrons. The number of para-hydroxylation sites is 2. The molecular weight excluding hydrogens is 576 g/mol. The number of rotatable bonds is 13. The van der Waals surface area contributed by atoms with Gasteiger partial charge in [-0.3, -0.25) is 9.78 Å². The molecule has 5 heteroatoms. The number of unbranched alkanes of at least 4 members (excludes halogenated alkanes) is 2. The number of allylic oxidation sites excluding steroid dienone is 6. The van der Waals surface area contributed by atoms with Crippen molar-refractivity contribution in [2.45, 2.75) is 91.4 Å². The molecule has 5 rings (SSSR count). The number of amides is 1. The number of carbonyl (C=O) groups is 1. The third-order valence-electron chi connectivity index (χ3n) is 9.72. The first kappa shape index (κ1) is 34.1. The van der Waals surface area contributed by atoms with E-state index < -0.39 is 0 Å². The monoisotopic (exact) mass is 629 g/mol. The van der Waals surface area contributed by atoms with Crippen LogP contribution in [0.1, 0.15) is 108 Å². The van der Waals surface area contributed by atoms with Gasteiger partial charge in [0.15, 0.2) is 5.71 Å². The fraction of sp³-hybridized carbons (Fsp3) is 0.405. The molecule has 47 heavy (non-hydrogen) atoms. The second kappa shape index (κ2) is 14.7. The average molecular weight is 630 g/mol. The lowest BCUT2D eigenvalue weighted by atomic mass is 9.81. The molecule has 0 aliphatic carbocycles. The molecule has 1 amide bonds. The normalized spacial score (nSPS) is 17.5. The minimum atomic E-state index is -0.133. The summed E-state index contributed by atoms with van der Waals surface area (Å²) >= 11 is 0. The number of carbonyl (C=O) groups excluding carboxylic acids is 1. The van der Waals surface area contributed by atoms with Gasteiger partial charge in [-0.15, -0.1) is 0 Å². The molecule has 1 aromatic heterocycles. The van der Waals surface area contributed by atoms with Gasteiger partial charge in [0.2, 0.25) is 5.69 Å². The number of anilines is 1. The zero-order chi connectivity index (χ0) is 33.6. The number of fused-ring (bicyclic) bond motifs is 2. The maximum atomic E-state index is 12.8. The van der Waals surface area contributed by atoms with Gasteiger partial charge in [0.25, 0.3) is 5.91 Å². The van der Waals surface area contributed by atoms with Crippen LogP contribution in [0.15, 0.2) is 96.9 Å². The summed E-state index contributed by atoms with van der Waals surface area (Å²) in [6.45, 7) is 18.5. The molecule has 3 heterocycles. The summed E-state index contributed by atoms with van der Waals surface area (Å²) in [6.07, 6.45) is 16.1. The molecule has 0 radical (unpaired) electrons. The van der Waals surface area contributed by atoms with Crippen LogP contribution in [0.5, 0.6) is 0 Å². The summed E-state index contributed by atoms with van der Waals surface area (Å²) in [5, 5.41) is 3.04. The summed E-state index contributed by atoms with van der Waals surface area (Å²) < 4.78 is 2.47. The van der Waals surface area contributed by atoms with Crippen LogP contribution < -0.4 is 10.2 Å². The number of aromatic nitrogens is 1. The van der Waals surface area contributed by atoms with Crippen molar-refractivity contribution in [3.8, 4) is 0 Å². The molecule has 0 spiro atoms. The SMILES string of the molecule is CCCCCNC(=O)c1ccc(C(=C\C=C2\N(CCC)c3ccccc3C2(C)C)/C=C/C2=[N+](CCC)c3ccccc3C2(C)C)nc1. The Hall–Kier alpha value is -4.25. The smallest absolute Gasteiger partial charge is 0.252 e. The number of benzene rings is 2. The third kappa shape index (κ3) is 6.90. The predicted molar refractivity (Wildman–Crippen MR) is 198 cm³/mol. The van der Waals surface area contributed by atoms with Crippen molar-refractivity contribution >= 4 is 28.6 Å². The van der Waals surface area contributed by atoms with Crippen molar-refractivity contribution < 1.29 is 9.37 Å². The topological polar surface area (TPSA) is 48.2 Å². The lowest BCUT2D eigenvalue weighted by Crippen LogP contribution is -2.27. The zero-order valence-corrected chi connectivity index (χ0v) is 29.6. The standard InChI is InChI=1S/C42H52N4O/c1-8-11-16-27-43-40(47)32-21-24-35(44-30-32)31(22-25-38-41(4,5)33-17-12-14-19-36(33)45(38)28-9-2)23-26-39-42(6,7)34-18-13-15-20-37(34)46(39)29-10-3/h12-15,17-26,30H,8-11,16,27-29H2,1-7H3/p+1. The fourth-order valence-corrected chi connectivity index (χ4v) is 7.15. The molecule has 0 saturated carbocycles. The van der Waals surface area contributed by atoms with E-state index in [0.29, 0.717) is 12.1 Å². The minimum absolute atomic E-state index is 0.0692. The van der Waals surface area contributed by atoms with Crippen molar-refractivity contribution in [1.29, 1.82) is 0 Å². The Bertz CT molecular complexity index is 1700. The summed E-state index contributed by atoms with van der Waals surface area (Å²) in [4.78, 5) is 20.2. The first-order chi connectivity index (χ1) is 22.6. The first-order valence-corrected chi connectivity index (χ1v) is 17.6. The van der Waals surface area contributed by atoms with E-state index in [1.54, 1.807) is 6.20 Å². The zero-order valence-electron chi connectivity index (χ0n) is 29.6. The van der Waals surface area contributed by atoms with Crippen LogP contribution >= 0.6 is 0 Å². The van der Waals surface area contributed by atoms with Crippen LogP contribution in [0.4, 0.5) is 11.4 Å². The van der Waals surface area contributed by atoms with Gasteiger partial charge in [0.1, 0.15) is 6.54 Å². The van der Waals surface area contributed by atoms with Crippen LogP contribution in [-0.2, 0) is 10.8 Å². The summed E-state index contributed by atoms with van der Waals surface area (Å²) in [7, 11) is 0. The highest BCUT2D eigenvalue weighted by molar-refractivity contribution is 6.04. The molecule has 2 aliphatic heterocycles. The second-order valence-corrected chi connectivity index (χ2v) is 13.9. The van der Waals surface area contributed by atoms with Crippen molar-refractivity contribution in [1.82, 2.24) is 10.3 Å². The summed E-state index contributed by atoms with van der Waals surface area (Å²) in [5.41, 5.74) is 10.0. The number of hydrogen-bond acceptors (Lipinski definition) is 3. The lowest BCUT2D eigenvalue weighted by Gasteiger charge is -2.26. The van der Waals surface area contributed by atoms with Crippen LogP contribution in [0.3, 0.4) is 0 Å². The molecule has 0 atom stereocenters. The second-order valence-electron chi connectivity index (χ2n) is 13.9. The van der Waals surface area contributed by atoms with Crippen molar-refractivity contribution in [3.05, 3.63) is 119 Å². The molecule has 0 fully saturated rings. The van der Waals surface area contributed by atoms with Gasteiger partial charge < -0.3 is 10.2 Å². The third-order valence-corrected chi connectivity index (χ3v) is 9.72. The highest BCUT2D eigenvalue weighted by Gasteiger charge is 2.44. The van der Waals surface area contributed by atoms with E-state index in [4.69, 9.17) is 4.98 Å². The van der Waals surface area contributed by atoms with Crippen molar-refractivity contribution in [3.63, 3.8) is 0 Å². The van der Waals surface area contributed by atoms with Gasteiger partial charge >= 0.3 is 0 Å². The van der Waals surface area contributed by atoms with Gasteiger partial charge in [-0.1, -0.05) is 89.9 Å². The largest absolute Gasteiger partial charge is 0.352 e. The van der Waals surface area contributed by atoms with Crippen molar-refractivity contribution in [2.75, 3.05) is 24.5 Å². The molecule has 2 aliphatic rings. The molecular formula is C42H53N4O+. The van der Waals surface area contributed by atoms with E-state index in [0.717, 1.165) is 56.5 Å². The lowest BCUT2D eigenvalue weighted by molar-refractivity contribution is -0.437. The van der Waals surface area contributed by atoms with Crippen LogP contribution in [0, 0.1) is 0 Å². The Labute approximate surface area is 282 Å². The van der Waals surface area contributed by atoms with Gasteiger partial charge in [-0.05, 0) is 62.6 Å². The van der Waals surface area contributed by atoms with E-state index in [1.807, 2.05) is 12.1 Å². The maximum Gasteiger partial charge on any atom is 0.252 e. The van der Waals surface area contributed by atoms with Gasteiger partial charge in [-0.2, -0.15) is 4.58 Å². The van der Waals surface area contributed by atoms with Crippen LogP contribution in [0.25, 0.3) is 5.57 Å². The molecule has 0 saturated heterocycles. The van der Waals surface area contributed by atoms with Crippen LogP contribution in [-0.4, -0.2) is 40.8 Å². The van der Waals surface area contributed by atoms with E-state index in [-0.39, 0.29) is 16.7 Å².